The maximum absolute atomic E-state index is 2.33. The van der Waals surface area contributed by atoms with Gasteiger partial charge in [0.05, 0.1) is 0 Å². The first kappa shape index (κ1) is 17.1. The van der Waals surface area contributed by atoms with Gasteiger partial charge in [-0.3, -0.25) is 14.7 Å². The van der Waals surface area contributed by atoms with Crippen LogP contribution in [0.5, 0.6) is 0 Å². The topological polar surface area (TPSA) is 9.72 Å². The molecule has 0 radical (unpaired) electrons. The van der Waals surface area contributed by atoms with E-state index >= 15 is 0 Å². The molecule has 104 valence electrons. The summed E-state index contributed by atoms with van der Waals surface area (Å²) in [4.78, 5) is 7.00. The van der Waals surface area contributed by atoms with E-state index < -0.39 is 0 Å². The van der Waals surface area contributed by atoms with Crippen molar-refractivity contribution < 1.29 is 0 Å². The molecule has 0 rings (SSSR count). The predicted octanol–water partition coefficient (Wildman–Crippen LogP) is 1.06. The summed E-state index contributed by atoms with van der Waals surface area (Å²) in [6, 6.07) is 1.46. The van der Waals surface area contributed by atoms with Crippen LogP contribution in [0.3, 0.4) is 0 Å². The van der Waals surface area contributed by atoms with Gasteiger partial charge in [-0.15, -0.1) is 0 Å². The Morgan fingerprint density at radius 2 is 1.12 bits per heavy atom. The van der Waals surface area contributed by atoms with Crippen molar-refractivity contribution in [2.75, 3.05) is 42.3 Å². The summed E-state index contributed by atoms with van der Waals surface area (Å²) in [7, 11) is 14.4. The summed E-state index contributed by atoms with van der Waals surface area (Å²) in [5.74, 6) is 0.0565. The molecule has 0 spiro atoms. The SMILES string of the molecule is CN(C)C(CCCCCC[SiH3])(N(C)C)N(C)C. The quantitative estimate of drug-likeness (QED) is 0.348. The fourth-order valence-electron chi connectivity index (χ4n) is 2.84. The van der Waals surface area contributed by atoms with Gasteiger partial charge in [0, 0.05) is 10.2 Å². The van der Waals surface area contributed by atoms with E-state index in [2.05, 4.69) is 57.0 Å². The van der Waals surface area contributed by atoms with Gasteiger partial charge in [-0.25, -0.2) is 0 Å². The Labute approximate surface area is 112 Å². The van der Waals surface area contributed by atoms with Crippen LogP contribution in [0.1, 0.15) is 32.1 Å². The van der Waals surface area contributed by atoms with E-state index in [1.165, 1.54) is 48.4 Å². The van der Waals surface area contributed by atoms with Gasteiger partial charge in [-0.1, -0.05) is 25.3 Å². The minimum atomic E-state index is 0.0565. The van der Waals surface area contributed by atoms with Gasteiger partial charge in [0.2, 0.25) is 0 Å². The molecule has 0 saturated carbocycles. The average Bonchev–Trinajstić information content (AvgIpc) is 2.21. The first-order chi connectivity index (χ1) is 7.89. The zero-order chi connectivity index (χ0) is 13.5. The molecule has 0 aliphatic carbocycles. The fourth-order valence-corrected chi connectivity index (χ4v) is 3.34. The minimum Gasteiger partial charge on any atom is -0.279 e. The van der Waals surface area contributed by atoms with Crippen molar-refractivity contribution in [2.45, 2.75) is 43.9 Å². The Balaban J connectivity index is 4.38. The van der Waals surface area contributed by atoms with Crippen LogP contribution >= 0.6 is 0 Å². The van der Waals surface area contributed by atoms with Crippen LogP contribution in [0.15, 0.2) is 0 Å². The van der Waals surface area contributed by atoms with Crippen molar-refractivity contribution in [3.63, 3.8) is 0 Å². The smallest absolute Gasteiger partial charge is 0.129 e. The summed E-state index contributed by atoms with van der Waals surface area (Å²) in [5, 5.41) is 0. The van der Waals surface area contributed by atoms with Crippen molar-refractivity contribution in [3.05, 3.63) is 0 Å². The molecule has 0 aliphatic rings. The van der Waals surface area contributed by atoms with E-state index in [0.29, 0.717) is 0 Å². The molecule has 3 nitrogen and oxygen atoms in total. The molecule has 0 amide bonds. The fraction of sp³-hybridized carbons (Fsp3) is 1.00. The molecule has 0 aromatic rings. The Morgan fingerprint density at radius 1 is 0.706 bits per heavy atom. The summed E-state index contributed by atoms with van der Waals surface area (Å²) < 4.78 is 0. The minimum absolute atomic E-state index is 0.0565. The van der Waals surface area contributed by atoms with Crippen LogP contribution in [-0.4, -0.2) is 73.0 Å². The lowest BCUT2D eigenvalue weighted by atomic mass is 10.0. The molecule has 0 atom stereocenters. The van der Waals surface area contributed by atoms with Crippen LogP contribution in [0.4, 0.5) is 0 Å². The van der Waals surface area contributed by atoms with Crippen molar-refractivity contribution in [3.8, 4) is 0 Å². The zero-order valence-corrected chi connectivity index (χ0v) is 15.1. The molecule has 4 heteroatoms. The van der Waals surface area contributed by atoms with Crippen molar-refractivity contribution >= 4 is 10.2 Å². The zero-order valence-electron chi connectivity index (χ0n) is 13.1. The third-order valence-electron chi connectivity index (χ3n) is 3.76. The lowest BCUT2D eigenvalue weighted by molar-refractivity contribution is -0.115. The van der Waals surface area contributed by atoms with Crippen molar-refractivity contribution in [1.29, 1.82) is 0 Å². The van der Waals surface area contributed by atoms with Gasteiger partial charge in [0.15, 0.2) is 0 Å². The third-order valence-corrected chi connectivity index (χ3v) is 4.47. The molecule has 0 aromatic carbocycles. The molecule has 0 aliphatic heterocycles. The second kappa shape index (κ2) is 8.24. The molecule has 0 aromatic heterocycles. The van der Waals surface area contributed by atoms with E-state index in [1.807, 2.05) is 0 Å². The highest BCUT2D eigenvalue weighted by Gasteiger charge is 2.36. The van der Waals surface area contributed by atoms with Gasteiger partial charge < -0.3 is 0 Å². The molecule has 0 saturated heterocycles. The maximum atomic E-state index is 2.33. The summed E-state index contributed by atoms with van der Waals surface area (Å²) in [5.41, 5.74) is 0. The molecular weight excluding hydrogens is 226 g/mol. The molecule has 17 heavy (non-hydrogen) atoms. The number of unbranched alkanes of at least 4 members (excludes halogenated alkanes) is 3. The van der Waals surface area contributed by atoms with E-state index in [1.54, 1.807) is 0 Å². The summed E-state index contributed by atoms with van der Waals surface area (Å²) in [6.07, 6.45) is 6.75. The van der Waals surface area contributed by atoms with Crippen molar-refractivity contribution in [2.24, 2.45) is 0 Å². The Bertz CT molecular complexity index is 171. The monoisotopic (exact) mass is 259 g/mol. The van der Waals surface area contributed by atoms with Crippen molar-refractivity contribution in [1.82, 2.24) is 14.7 Å². The summed E-state index contributed by atoms with van der Waals surface area (Å²) >= 11 is 0. The van der Waals surface area contributed by atoms with E-state index in [9.17, 15) is 0 Å². The van der Waals surface area contributed by atoms with Crippen LogP contribution in [0.25, 0.3) is 0 Å². The Hall–Kier alpha value is 0.0969. The standard InChI is InChI=1S/C13H33N3Si/c1-14(2)13(15(3)4,16(5)6)11-9-7-8-10-12-17/h7-12H2,1-6,17H3. The van der Waals surface area contributed by atoms with E-state index in [-0.39, 0.29) is 5.79 Å². The number of rotatable bonds is 9. The third kappa shape index (κ3) is 4.70. The number of hydrogen-bond donors (Lipinski definition) is 0. The van der Waals surface area contributed by atoms with Gasteiger partial charge in [0.1, 0.15) is 5.79 Å². The largest absolute Gasteiger partial charge is 0.279 e. The normalized spacial score (nSPS) is 13.2. The first-order valence-corrected chi connectivity index (χ1v) is 8.33. The first-order valence-electron chi connectivity index (χ1n) is 6.91. The lowest BCUT2D eigenvalue weighted by Crippen LogP contribution is -2.63. The van der Waals surface area contributed by atoms with Crippen LogP contribution in [0.2, 0.25) is 6.04 Å². The van der Waals surface area contributed by atoms with Gasteiger partial charge in [-0.2, -0.15) is 0 Å². The molecule has 0 bridgehead atoms. The number of nitrogens with zero attached hydrogens (tertiary/aromatic N) is 3. The van der Waals surface area contributed by atoms with Crippen LogP contribution < -0.4 is 0 Å². The highest BCUT2D eigenvalue weighted by molar-refractivity contribution is 6.08. The maximum Gasteiger partial charge on any atom is 0.129 e. The Morgan fingerprint density at radius 3 is 1.47 bits per heavy atom. The number of hydrogen-bond acceptors (Lipinski definition) is 3. The molecular formula is C13H33N3Si. The predicted molar refractivity (Wildman–Crippen MR) is 81.6 cm³/mol. The second-order valence-corrected chi connectivity index (χ2v) is 6.62. The van der Waals surface area contributed by atoms with E-state index in [0.717, 1.165) is 0 Å². The van der Waals surface area contributed by atoms with Gasteiger partial charge in [-0.05, 0) is 55.1 Å². The molecule has 0 fully saturated rings. The van der Waals surface area contributed by atoms with Crippen LogP contribution in [-0.2, 0) is 0 Å². The van der Waals surface area contributed by atoms with Gasteiger partial charge >= 0.3 is 0 Å². The average molecular weight is 260 g/mol. The van der Waals surface area contributed by atoms with Gasteiger partial charge in [0.25, 0.3) is 0 Å². The molecule has 0 heterocycles. The van der Waals surface area contributed by atoms with Crippen LogP contribution in [0, 0.1) is 0 Å². The lowest BCUT2D eigenvalue weighted by Gasteiger charge is -2.50. The highest BCUT2D eigenvalue weighted by atomic mass is 28.1. The molecule has 0 N–H and O–H groups in total. The second-order valence-electron chi connectivity index (χ2n) is 5.62. The highest BCUT2D eigenvalue weighted by Crippen LogP contribution is 2.25. The summed E-state index contributed by atoms with van der Waals surface area (Å²) in [6.45, 7) is 0. The molecule has 0 unspecified atom stereocenters. The van der Waals surface area contributed by atoms with E-state index in [4.69, 9.17) is 0 Å². The Kier molecular flexibility index (Phi) is 8.29.